The molecule has 0 aliphatic rings. The smallest absolute Gasteiger partial charge is 0.141 e. The molecule has 0 bridgehead atoms. The molecule has 0 aliphatic carbocycles. The van der Waals surface area contributed by atoms with E-state index in [0.29, 0.717) is 19.6 Å². The average molecular weight is 284 g/mol. The van der Waals surface area contributed by atoms with Crippen LogP contribution >= 0.6 is 11.6 Å². The van der Waals surface area contributed by atoms with Gasteiger partial charge in [0.1, 0.15) is 5.82 Å². The summed E-state index contributed by atoms with van der Waals surface area (Å²) in [5, 5.41) is 17.0. The third-order valence-electron chi connectivity index (χ3n) is 2.65. The average Bonchev–Trinajstić information content (AvgIpc) is 2.86. The molecule has 0 saturated carbocycles. The highest BCUT2D eigenvalue weighted by molar-refractivity contribution is 6.30. The van der Waals surface area contributed by atoms with Crippen LogP contribution in [0.4, 0.5) is 4.39 Å². The van der Waals surface area contributed by atoms with Gasteiger partial charge in [0.05, 0.1) is 17.7 Å². The van der Waals surface area contributed by atoms with E-state index in [0.717, 1.165) is 5.56 Å². The van der Waals surface area contributed by atoms with E-state index in [1.54, 1.807) is 35.3 Å². The van der Waals surface area contributed by atoms with Crippen LogP contribution in [0.5, 0.6) is 0 Å². The molecule has 1 aromatic heterocycles. The fourth-order valence-electron chi connectivity index (χ4n) is 1.72. The zero-order valence-electron chi connectivity index (χ0n) is 10.3. The lowest BCUT2D eigenvalue weighted by Crippen LogP contribution is -2.30. The quantitative estimate of drug-likeness (QED) is 0.850. The normalized spacial score (nSPS) is 12.6. The van der Waals surface area contributed by atoms with Crippen LogP contribution in [0.1, 0.15) is 5.56 Å². The van der Waals surface area contributed by atoms with Crippen molar-refractivity contribution in [1.82, 2.24) is 15.1 Å². The molecule has 1 aromatic carbocycles. The first-order chi connectivity index (χ1) is 9.15. The van der Waals surface area contributed by atoms with Crippen molar-refractivity contribution in [3.05, 3.63) is 53.1 Å². The van der Waals surface area contributed by atoms with Gasteiger partial charge in [-0.05, 0) is 23.8 Å². The van der Waals surface area contributed by atoms with E-state index in [9.17, 15) is 9.50 Å². The zero-order valence-corrected chi connectivity index (χ0v) is 11.0. The molecule has 1 heterocycles. The van der Waals surface area contributed by atoms with Gasteiger partial charge in [0, 0.05) is 25.5 Å². The highest BCUT2D eigenvalue weighted by atomic mass is 35.5. The molecular formula is C13H15ClFN3O. The Kier molecular flexibility index (Phi) is 4.90. The summed E-state index contributed by atoms with van der Waals surface area (Å²) < 4.78 is 14.6. The Hall–Kier alpha value is -1.43. The monoisotopic (exact) mass is 283 g/mol. The Morgan fingerprint density at radius 1 is 1.47 bits per heavy atom. The van der Waals surface area contributed by atoms with Crippen LogP contribution in [-0.2, 0) is 13.1 Å². The minimum atomic E-state index is -0.532. The molecule has 6 heteroatoms. The minimum Gasteiger partial charge on any atom is -0.390 e. The zero-order chi connectivity index (χ0) is 13.7. The number of nitrogens with zero attached hydrogens (tertiary/aromatic N) is 2. The lowest BCUT2D eigenvalue weighted by molar-refractivity contribution is 0.146. The van der Waals surface area contributed by atoms with Crippen LogP contribution in [0, 0.1) is 5.82 Å². The number of benzene rings is 1. The van der Waals surface area contributed by atoms with Crippen molar-refractivity contribution < 1.29 is 9.50 Å². The van der Waals surface area contributed by atoms with Crippen molar-refractivity contribution in [2.75, 3.05) is 6.54 Å². The molecule has 2 aromatic rings. The lowest BCUT2D eigenvalue weighted by atomic mass is 10.2. The highest BCUT2D eigenvalue weighted by Crippen LogP contribution is 2.15. The first-order valence-electron chi connectivity index (χ1n) is 5.95. The molecule has 102 valence electrons. The van der Waals surface area contributed by atoms with Gasteiger partial charge in [-0.3, -0.25) is 4.68 Å². The molecule has 0 aliphatic heterocycles. The number of hydrogen-bond donors (Lipinski definition) is 2. The summed E-state index contributed by atoms with van der Waals surface area (Å²) >= 11 is 5.69. The van der Waals surface area contributed by atoms with Crippen LogP contribution in [0.3, 0.4) is 0 Å². The number of halogens is 2. The molecule has 2 N–H and O–H groups in total. The van der Waals surface area contributed by atoms with Crippen molar-refractivity contribution in [3.63, 3.8) is 0 Å². The van der Waals surface area contributed by atoms with Crippen LogP contribution in [0.2, 0.25) is 5.02 Å². The van der Waals surface area contributed by atoms with E-state index >= 15 is 0 Å². The van der Waals surface area contributed by atoms with E-state index in [4.69, 9.17) is 11.6 Å². The van der Waals surface area contributed by atoms with Gasteiger partial charge < -0.3 is 10.4 Å². The highest BCUT2D eigenvalue weighted by Gasteiger charge is 2.05. The molecule has 0 spiro atoms. The predicted molar refractivity (Wildman–Crippen MR) is 71.4 cm³/mol. The number of aromatic nitrogens is 2. The van der Waals surface area contributed by atoms with Crippen molar-refractivity contribution in [1.29, 1.82) is 0 Å². The van der Waals surface area contributed by atoms with E-state index in [1.165, 1.54) is 6.07 Å². The summed E-state index contributed by atoms with van der Waals surface area (Å²) in [4.78, 5) is 0. The van der Waals surface area contributed by atoms with Gasteiger partial charge in [-0.2, -0.15) is 5.10 Å². The second-order valence-electron chi connectivity index (χ2n) is 4.26. The standard InChI is InChI=1S/C13H15ClFN3O/c14-12-6-10(2-3-13(12)15)7-16-8-11(19)9-18-5-1-4-17-18/h1-6,11,16,19H,7-9H2. The van der Waals surface area contributed by atoms with Crippen LogP contribution < -0.4 is 5.32 Å². The molecule has 19 heavy (non-hydrogen) atoms. The Bertz CT molecular complexity index is 519. The van der Waals surface area contributed by atoms with Crippen molar-refractivity contribution >= 4 is 11.6 Å². The van der Waals surface area contributed by atoms with Crippen LogP contribution in [0.15, 0.2) is 36.7 Å². The molecule has 1 unspecified atom stereocenters. The number of aliphatic hydroxyl groups excluding tert-OH is 1. The predicted octanol–water partition coefficient (Wildman–Crippen LogP) is 1.83. The van der Waals surface area contributed by atoms with Crippen molar-refractivity contribution in [3.8, 4) is 0 Å². The van der Waals surface area contributed by atoms with Crippen LogP contribution in [-0.4, -0.2) is 27.5 Å². The number of hydrogen-bond acceptors (Lipinski definition) is 3. The second kappa shape index (κ2) is 6.65. The molecule has 2 rings (SSSR count). The Morgan fingerprint density at radius 3 is 3.00 bits per heavy atom. The van der Waals surface area contributed by atoms with Gasteiger partial charge in [0.15, 0.2) is 0 Å². The van der Waals surface area contributed by atoms with Crippen molar-refractivity contribution in [2.45, 2.75) is 19.2 Å². The minimum absolute atomic E-state index is 0.108. The van der Waals surface area contributed by atoms with E-state index in [2.05, 4.69) is 10.4 Å². The number of nitrogens with one attached hydrogen (secondary N) is 1. The second-order valence-corrected chi connectivity index (χ2v) is 4.67. The molecule has 0 saturated heterocycles. The fraction of sp³-hybridized carbons (Fsp3) is 0.308. The molecule has 0 radical (unpaired) electrons. The third kappa shape index (κ3) is 4.31. The van der Waals surface area contributed by atoms with Gasteiger partial charge in [0.25, 0.3) is 0 Å². The molecular weight excluding hydrogens is 269 g/mol. The molecule has 0 amide bonds. The first-order valence-corrected chi connectivity index (χ1v) is 6.33. The maximum Gasteiger partial charge on any atom is 0.141 e. The molecule has 4 nitrogen and oxygen atoms in total. The number of aliphatic hydroxyl groups is 1. The summed E-state index contributed by atoms with van der Waals surface area (Å²) in [5.74, 6) is -0.427. The summed E-state index contributed by atoms with van der Waals surface area (Å²) in [7, 11) is 0. The van der Waals surface area contributed by atoms with Gasteiger partial charge in [-0.1, -0.05) is 17.7 Å². The SMILES string of the molecule is OC(CNCc1ccc(F)c(Cl)c1)Cn1cccn1. The largest absolute Gasteiger partial charge is 0.390 e. The van der Waals surface area contributed by atoms with Gasteiger partial charge in [-0.15, -0.1) is 0 Å². The summed E-state index contributed by atoms with van der Waals surface area (Å²) in [6.45, 7) is 1.38. The Balaban J connectivity index is 1.75. The fourth-order valence-corrected chi connectivity index (χ4v) is 1.92. The van der Waals surface area contributed by atoms with Gasteiger partial charge in [0.2, 0.25) is 0 Å². The van der Waals surface area contributed by atoms with Gasteiger partial charge in [-0.25, -0.2) is 4.39 Å². The maximum atomic E-state index is 13.0. The maximum absolute atomic E-state index is 13.0. The topological polar surface area (TPSA) is 50.1 Å². The Labute approximate surface area is 115 Å². The van der Waals surface area contributed by atoms with E-state index < -0.39 is 11.9 Å². The summed E-state index contributed by atoms with van der Waals surface area (Å²) in [5.41, 5.74) is 0.873. The Morgan fingerprint density at radius 2 is 2.32 bits per heavy atom. The van der Waals surface area contributed by atoms with Crippen molar-refractivity contribution in [2.24, 2.45) is 0 Å². The third-order valence-corrected chi connectivity index (χ3v) is 2.94. The molecule has 1 atom stereocenters. The van der Waals surface area contributed by atoms with Crippen LogP contribution in [0.25, 0.3) is 0 Å². The first kappa shape index (κ1) is 14.0. The lowest BCUT2D eigenvalue weighted by Gasteiger charge is -2.12. The molecule has 0 fully saturated rings. The van der Waals surface area contributed by atoms with E-state index in [1.807, 2.05) is 0 Å². The summed E-state index contributed by atoms with van der Waals surface area (Å²) in [6.07, 6.45) is 2.93. The number of rotatable bonds is 6. The summed E-state index contributed by atoms with van der Waals surface area (Å²) in [6, 6.07) is 6.37. The van der Waals surface area contributed by atoms with E-state index in [-0.39, 0.29) is 5.02 Å². The van der Waals surface area contributed by atoms with Gasteiger partial charge >= 0.3 is 0 Å².